The van der Waals surface area contributed by atoms with Crippen LogP contribution in [0.1, 0.15) is 18.1 Å². The molecule has 0 saturated heterocycles. The van der Waals surface area contributed by atoms with E-state index >= 15 is 0 Å². The molecule has 0 radical (unpaired) electrons. The van der Waals surface area contributed by atoms with Gasteiger partial charge in [-0.3, -0.25) is 4.98 Å². The fraction of sp³-hybridized carbons (Fsp3) is 0.150. The second-order valence-corrected chi connectivity index (χ2v) is 5.50. The molecule has 0 fully saturated rings. The number of rotatable bonds is 5. The van der Waals surface area contributed by atoms with E-state index in [9.17, 15) is 4.79 Å². The number of pyridine rings is 1. The van der Waals surface area contributed by atoms with Gasteiger partial charge in [0, 0.05) is 17.1 Å². The molecule has 3 rings (SSSR count). The van der Waals surface area contributed by atoms with Crippen molar-refractivity contribution in [3.63, 3.8) is 0 Å². The molecule has 2 aromatic carbocycles. The van der Waals surface area contributed by atoms with Crippen LogP contribution in [0.4, 0.5) is 0 Å². The standard InChI is InChI=1S/C20H16N2O3/c1-14(25-18-9-7-15(12-21)8-10-18)20(23)24-13-17-5-2-4-16-6-3-11-22-19(16)17/h2-11,14H,13H2,1H3/t14-/m1/s1. The minimum absolute atomic E-state index is 0.133. The third kappa shape index (κ3) is 3.93. The molecule has 0 aliphatic rings. The highest BCUT2D eigenvalue weighted by Gasteiger charge is 2.17. The molecule has 0 bridgehead atoms. The monoisotopic (exact) mass is 332 g/mol. The Hall–Kier alpha value is -3.39. The van der Waals surface area contributed by atoms with Crippen molar-refractivity contribution in [3.8, 4) is 11.8 Å². The molecule has 1 heterocycles. The largest absolute Gasteiger partial charge is 0.479 e. The van der Waals surface area contributed by atoms with Gasteiger partial charge in [-0.1, -0.05) is 24.3 Å². The topological polar surface area (TPSA) is 72.2 Å². The molecule has 0 unspecified atom stereocenters. The molecule has 3 aromatic rings. The summed E-state index contributed by atoms with van der Waals surface area (Å²) in [6, 6.07) is 18.2. The predicted molar refractivity (Wildman–Crippen MR) is 92.8 cm³/mol. The number of fused-ring (bicyclic) bond motifs is 1. The molecule has 124 valence electrons. The van der Waals surface area contributed by atoms with E-state index in [1.807, 2.05) is 36.4 Å². The first-order chi connectivity index (χ1) is 12.2. The number of ether oxygens (including phenoxy) is 2. The average molecular weight is 332 g/mol. The molecule has 1 atom stereocenters. The van der Waals surface area contributed by atoms with Gasteiger partial charge < -0.3 is 9.47 Å². The van der Waals surface area contributed by atoms with E-state index in [-0.39, 0.29) is 6.61 Å². The minimum Gasteiger partial charge on any atom is -0.479 e. The lowest BCUT2D eigenvalue weighted by Gasteiger charge is -2.14. The molecule has 25 heavy (non-hydrogen) atoms. The Morgan fingerprint density at radius 3 is 2.68 bits per heavy atom. The zero-order valence-corrected chi connectivity index (χ0v) is 13.7. The zero-order valence-electron chi connectivity index (χ0n) is 13.7. The number of para-hydroxylation sites is 1. The second kappa shape index (κ2) is 7.45. The number of hydrogen-bond acceptors (Lipinski definition) is 5. The number of esters is 1. The van der Waals surface area contributed by atoms with Gasteiger partial charge in [0.15, 0.2) is 6.10 Å². The molecule has 5 heteroatoms. The van der Waals surface area contributed by atoms with Crippen molar-refractivity contribution >= 4 is 16.9 Å². The predicted octanol–water partition coefficient (Wildman–Crippen LogP) is 3.62. The van der Waals surface area contributed by atoms with E-state index in [4.69, 9.17) is 14.7 Å². The third-order valence-electron chi connectivity index (χ3n) is 3.71. The first kappa shape index (κ1) is 16.5. The summed E-state index contributed by atoms with van der Waals surface area (Å²) in [7, 11) is 0. The fourth-order valence-corrected chi connectivity index (χ4v) is 2.41. The molecule has 5 nitrogen and oxygen atoms in total. The minimum atomic E-state index is -0.754. The smallest absolute Gasteiger partial charge is 0.347 e. The number of benzene rings is 2. The summed E-state index contributed by atoms with van der Waals surface area (Å²) in [6.45, 7) is 1.76. The molecule has 0 spiro atoms. The first-order valence-corrected chi connectivity index (χ1v) is 7.83. The SMILES string of the molecule is C[C@@H](Oc1ccc(C#N)cc1)C(=O)OCc1cccc2cccnc12. The van der Waals surface area contributed by atoms with Gasteiger partial charge in [-0.2, -0.15) is 5.26 Å². The lowest BCUT2D eigenvalue weighted by Crippen LogP contribution is -2.26. The van der Waals surface area contributed by atoms with Crippen molar-refractivity contribution in [1.82, 2.24) is 4.98 Å². The molecular formula is C20H16N2O3. The highest BCUT2D eigenvalue weighted by Crippen LogP contribution is 2.18. The van der Waals surface area contributed by atoms with E-state index in [0.717, 1.165) is 16.5 Å². The van der Waals surface area contributed by atoms with Gasteiger partial charge in [-0.25, -0.2) is 4.79 Å². The summed E-state index contributed by atoms with van der Waals surface area (Å²) in [4.78, 5) is 16.5. The summed E-state index contributed by atoms with van der Waals surface area (Å²) < 4.78 is 10.9. The lowest BCUT2D eigenvalue weighted by molar-refractivity contribution is -0.152. The number of aromatic nitrogens is 1. The maximum absolute atomic E-state index is 12.2. The van der Waals surface area contributed by atoms with Crippen molar-refractivity contribution in [1.29, 1.82) is 5.26 Å². The fourth-order valence-electron chi connectivity index (χ4n) is 2.41. The summed E-state index contributed by atoms with van der Waals surface area (Å²) in [6.07, 6.45) is 0.959. The van der Waals surface area contributed by atoms with Crippen LogP contribution in [-0.4, -0.2) is 17.1 Å². The van der Waals surface area contributed by atoms with Crippen LogP contribution < -0.4 is 4.74 Å². The second-order valence-electron chi connectivity index (χ2n) is 5.50. The zero-order chi connectivity index (χ0) is 17.6. The molecule has 0 saturated carbocycles. The van der Waals surface area contributed by atoms with Gasteiger partial charge in [-0.05, 0) is 37.3 Å². The first-order valence-electron chi connectivity index (χ1n) is 7.83. The van der Waals surface area contributed by atoms with Gasteiger partial charge >= 0.3 is 5.97 Å². The van der Waals surface area contributed by atoms with E-state index in [1.165, 1.54) is 0 Å². The normalized spacial score (nSPS) is 11.5. The molecule has 0 aliphatic carbocycles. The van der Waals surface area contributed by atoms with Gasteiger partial charge in [-0.15, -0.1) is 0 Å². The van der Waals surface area contributed by atoms with Crippen LogP contribution in [0.2, 0.25) is 0 Å². The van der Waals surface area contributed by atoms with Gasteiger partial charge in [0.25, 0.3) is 0 Å². The van der Waals surface area contributed by atoms with Crippen molar-refractivity contribution in [2.24, 2.45) is 0 Å². The molecule has 0 aliphatic heterocycles. The Morgan fingerprint density at radius 2 is 1.92 bits per heavy atom. The number of hydrogen-bond donors (Lipinski definition) is 0. The van der Waals surface area contributed by atoms with Crippen molar-refractivity contribution in [2.75, 3.05) is 0 Å². The number of nitrogens with zero attached hydrogens (tertiary/aromatic N) is 2. The Labute approximate surface area is 145 Å². The van der Waals surface area contributed by atoms with Crippen LogP contribution in [0, 0.1) is 11.3 Å². The van der Waals surface area contributed by atoms with E-state index in [1.54, 1.807) is 37.4 Å². The number of carbonyl (C=O) groups is 1. The maximum Gasteiger partial charge on any atom is 0.347 e. The number of nitriles is 1. The lowest BCUT2D eigenvalue weighted by atomic mass is 10.1. The maximum atomic E-state index is 12.2. The van der Waals surface area contributed by atoms with E-state index in [0.29, 0.717) is 11.3 Å². The van der Waals surface area contributed by atoms with Crippen LogP contribution >= 0.6 is 0 Å². The quantitative estimate of drug-likeness (QED) is 0.667. The Morgan fingerprint density at radius 1 is 1.16 bits per heavy atom. The highest BCUT2D eigenvalue weighted by atomic mass is 16.6. The summed E-state index contributed by atoms with van der Waals surface area (Å²) in [5, 5.41) is 9.78. The van der Waals surface area contributed by atoms with Crippen LogP contribution in [0.5, 0.6) is 5.75 Å². The van der Waals surface area contributed by atoms with Crippen molar-refractivity contribution in [2.45, 2.75) is 19.6 Å². The number of carbonyl (C=O) groups excluding carboxylic acids is 1. The van der Waals surface area contributed by atoms with Gasteiger partial charge in [0.05, 0.1) is 17.1 Å². The van der Waals surface area contributed by atoms with Crippen LogP contribution in [-0.2, 0) is 16.1 Å². The molecular weight excluding hydrogens is 316 g/mol. The van der Waals surface area contributed by atoms with Crippen LogP contribution in [0.25, 0.3) is 10.9 Å². The van der Waals surface area contributed by atoms with E-state index < -0.39 is 12.1 Å². The summed E-state index contributed by atoms with van der Waals surface area (Å²) in [5.74, 6) is 0.0487. The Kier molecular flexibility index (Phi) is 4.91. The Balaban J connectivity index is 1.62. The van der Waals surface area contributed by atoms with Crippen molar-refractivity contribution < 1.29 is 14.3 Å². The summed E-state index contributed by atoms with van der Waals surface area (Å²) >= 11 is 0. The molecule has 0 amide bonds. The highest BCUT2D eigenvalue weighted by molar-refractivity contribution is 5.82. The average Bonchev–Trinajstić information content (AvgIpc) is 2.66. The van der Waals surface area contributed by atoms with Crippen LogP contribution in [0.15, 0.2) is 60.8 Å². The molecule has 1 aromatic heterocycles. The summed E-state index contributed by atoms with van der Waals surface area (Å²) in [5.41, 5.74) is 2.20. The third-order valence-corrected chi connectivity index (χ3v) is 3.71. The van der Waals surface area contributed by atoms with Gasteiger partial charge in [0.2, 0.25) is 0 Å². The van der Waals surface area contributed by atoms with E-state index in [2.05, 4.69) is 4.98 Å². The van der Waals surface area contributed by atoms with Crippen molar-refractivity contribution in [3.05, 3.63) is 71.9 Å². The molecule has 0 N–H and O–H groups in total. The Bertz CT molecular complexity index is 924. The van der Waals surface area contributed by atoms with Crippen LogP contribution in [0.3, 0.4) is 0 Å². The van der Waals surface area contributed by atoms with Gasteiger partial charge in [0.1, 0.15) is 12.4 Å².